The molecule has 10 heteroatoms. The molecule has 0 spiro atoms. The summed E-state index contributed by atoms with van der Waals surface area (Å²) < 4.78 is 7.48. The van der Waals surface area contributed by atoms with Gasteiger partial charge in [0, 0.05) is 45.7 Å². The standard InChI is InChI=1S/C20H29N7O2.HI/c1-2-21-20(22-15-18-24-23-17-8-4-3-5-9-27(17)18)26-12-10-25(11-13-26)19(28)16-7-6-14-29-16;/h6-7,14H,2-5,8-13,15H2,1H3,(H,21,22);1H. The Labute approximate surface area is 193 Å². The number of fused-ring (bicyclic) bond motifs is 1. The zero-order valence-corrected chi connectivity index (χ0v) is 19.7. The third-order valence-electron chi connectivity index (χ3n) is 5.49. The van der Waals surface area contributed by atoms with Gasteiger partial charge in [0.25, 0.3) is 5.91 Å². The average molecular weight is 527 g/mol. The molecular weight excluding hydrogens is 497 g/mol. The van der Waals surface area contributed by atoms with Gasteiger partial charge < -0.3 is 24.1 Å². The molecule has 0 aliphatic carbocycles. The number of rotatable bonds is 4. The molecule has 1 amide bonds. The Kier molecular flexibility index (Phi) is 8.11. The number of aliphatic imine (C=N–C) groups is 1. The number of nitrogens with one attached hydrogen (secondary N) is 1. The maximum atomic E-state index is 12.5. The summed E-state index contributed by atoms with van der Waals surface area (Å²) in [6.45, 7) is 7.11. The van der Waals surface area contributed by atoms with Crippen LogP contribution in [0.1, 0.15) is 48.4 Å². The predicted molar refractivity (Wildman–Crippen MR) is 124 cm³/mol. The average Bonchev–Trinajstić information content (AvgIpc) is 3.36. The van der Waals surface area contributed by atoms with Crippen molar-refractivity contribution in [1.29, 1.82) is 0 Å². The van der Waals surface area contributed by atoms with Crippen LogP contribution in [0, 0.1) is 0 Å². The zero-order valence-electron chi connectivity index (χ0n) is 17.4. The summed E-state index contributed by atoms with van der Waals surface area (Å²) in [5.41, 5.74) is 0. The molecule has 2 aliphatic heterocycles. The van der Waals surface area contributed by atoms with Crippen molar-refractivity contribution in [2.24, 2.45) is 4.99 Å². The Bertz CT molecular complexity index is 841. The molecule has 0 bridgehead atoms. The first-order valence-corrected chi connectivity index (χ1v) is 10.5. The van der Waals surface area contributed by atoms with E-state index in [4.69, 9.17) is 9.41 Å². The lowest BCUT2D eigenvalue weighted by Crippen LogP contribution is -2.53. The first-order chi connectivity index (χ1) is 14.3. The second-order valence-corrected chi connectivity index (χ2v) is 7.42. The van der Waals surface area contributed by atoms with Gasteiger partial charge in [-0.25, -0.2) is 4.99 Å². The summed E-state index contributed by atoms with van der Waals surface area (Å²) in [4.78, 5) is 21.3. The van der Waals surface area contributed by atoms with Gasteiger partial charge in [-0.2, -0.15) is 0 Å². The molecule has 0 radical (unpaired) electrons. The van der Waals surface area contributed by atoms with E-state index in [1.807, 2.05) is 4.90 Å². The third kappa shape index (κ3) is 5.13. The van der Waals surface area contributed by atoms with Crippen LogP contribution in [0.3, 0.4) is 0 Å². The number of halogens is 1. The van der Waals surface area contributed by atoms with Gasteiger partial charge in [-0.1, -0.05) is 6.42 Å². The van der Waals surface area contributed by atoms with Crippen LogP contribution in [-0.4, -0.2) is 69.2 Å². The van der Waals surface area contributed by atoms with Crippen LogP contribution in [0.25, 0.3) is 0 Å². The number of hydrogen-bond acceptors (Lipinski definition) is 5. The Hall–Kier alpha value is -2.11. The lowest BCUT2D eigenvalue weighted by atomic mass is 10.2. The summed E-state index contributed by atoms with van der Waals surface area (Å²) >= 11 is 0. The Morgan fingerprint density at radius 2 is 1.93 bits per heavy atom. The molecule has 4 rings (SSSR count). The monoisotopic (exact) mass is 527 g/mol. The van der Waals surface area contributed by atoms with Crippen LogP contribution >= 0.6 is 24.0 Å². The maximum Gasteiger partial charge on any atom is 0.289 e. The van der Waals surface area contributed by atoms with E-state index in [9.17, 15) is 4.79 Å². The number of furan rings is 1. The summed E-state index contributed by atoms with van der Waals surface area (Å²) in [7, 11) is 0. The normalized spacial score (nSPS) is 17.2. The van der Waals surface area contributed by atoms with Crippen molar-refractivity contribution in [3.63, 3.8) is 0 Å². The van der Waals surface area contributed by atoms with Gasteiger partial charge >= 0.3 is 0 Å². The van der Waals surface area contributed by atoms with Crippen LogP contribution in [0.2, 0.25) is 0 Å². The SMILES string of the molecule is CCNC(=NCc1nnc2n1CCCCC2)N1CCN(C(=O)c2ccco2)CC1.I. The van der Waals surface area contributed by atoms with Crippen molar-refractivity contribution in [3.05, 3.63) is 35.8 Å². The number of nitrogens with zero attached hydrogens (tertiary/aromatic N) is 6. The molecule has 0 aromatic carbocycles. The summed E-state index contributed by atoms with van der Waals surface area (Å²) in [6.07, 6.45) is 6.14. The number of aromatic nitrogens is 3. The molecule has 0 saturated carbocycles. The fourth-order valence-electron chi connectivity index (χ4n) is 3.91. The molecule has 0 unspecified atom stereocenters. The maximum absolute atomic E-state index is 12.5. The molecule has 164 valence electrons. The minimum atomic E-state index is -0.0530. The van der Waals surface area contributed by atoms with Crippen molar-refractivity contribution in [2.75, 3.05) is 32.7 Å². The van der Waals surface area contributed by atoms with Gasteiger partial charge in [0.1, 0.15) is 12.4 Å². The fraction of sp³-hybridized carbons (Fsp3) is 0.600. The van der Waals surface area contributed by atoms with Crippen molar-refractivity contribution in [3.8, 4) is 0 Å². The first kappa shape index (κ1) is 22.6. The number of amides is 1. The molecule has 30 heavy (non-hydrogen) atoms. The molecule has 2 aliphatic rings. The van der Waals surface area contributed by atoms with E-state index in [1.165, 1.54) is 25.5 Å². The van der Waals surface area contributed by atoms with E-state index < -0.39 is 0 Å². The van der Waals surface area contributed by atoms with Gasteiger partial charge in [-0.15, -0.1) is 34.2 Å². The molecule has 0 atom stereocenters. The highest BCUT2D eigenvalue weighted by Crippen LogP contribution is 2.15. The van der Waals surface area contributed by atoms with Crippen LogP contribution in [-0.2, 0) is 19.5 Å². The van der Waals surface area contributed by atoms with Crippen LogP contribution in [0.4, 0.5) is 0 Å². The van der Waals surface area contributed by atoms with E-state index in [0.29, 0.717) is 25.4 Å². The van der Waals surface area contributed by atoms with E-state index >= 15 is 0 Å². The molecule has 4 heterocycles. The van der Waals surface area contributed by atoms with Crippen LogP contribution < -0.4 is 5.32 Å². The lowest BCUT2D eigenvalue weighted by Gasteiger charge is -2.36. The molecule has 2 aromatic heterocycles. The van der Waals surface area contributed by atoms with E-state index in [-0.39, 0.29) is 29.9 Å². The van der Waals surface area contributed by atoms with Gasteiger partial charge in [-0.05, 0) is 31.9 Å². The number of carbonyl (C=O) groups is 1. The minimum Gasteiger partial charge on any atom is -0.459 e. The molecule has 1 saturated heterocycles. The van der Waals surface area contributed by atoms with Crippen molar-refractivity contribution in [1.82, 2.24) is 29.9 Å². The Balaban J connectivity index is 0.00000256. The number of guanidine groups is 1. The fourth-order valence-corrected chi connectivity index (χ4v) is 3.91. The summed E-state index contributed by atoms with van der Waals surface area (Å²) in [6, 6.07) is 3.45. The van der Waals surface area contributed by atoms with E-state index in [1.54, 1.807) is 12.1 Å². The molecule has 9 nitrogen and oxygen atoms in total. The largest absolute Gasteiger partial charge is 0.459 e. The Morgan fingerprint density at radius 1 is 1.13 bits per heavy atom. The topological polar surface area (TPSA) is 91.8 Å². The quantitative estimate of drug-likeness (QED) is 0.372. The van der Waals surface area contributed by atoms with Crippen molar-refractivity contribution in [2.45, 2.75) is 45.7 Å². The number of aryl methyl sites for hydroxylation is 1. The number of hydrogen-bond donors (Lipinski definition) is 1. The van der Waals surface area contributed by atoms with Crippen LogP contribution in [0.5, 0.6) is 0 Å². The zero-order chi connectivity index (χ0) is 20.1. The van der Waals surface area contributed by atoms with Crippen molar-refractivity contribution < 1.29 is 9.21 Å². The minimum absolute atomic E-state index is 0. The Morgan fingerprint density at radius 3 is 2.67 bits per heavy atom. The highest BCUT2D eigenvalue weighted by molar-refractivity contribution is 14.0. The summed E-state index contributed by atoms with van der Waals surface area (Å²) in [5.74, 6) is 3.23. The number of piperazine rings is 1. The van der Waals surface area contributed by atoms with Gasteiger partial charge in [-0.3, -0.25) is 4.79 Å². The first-order valence-electron chi connectivity index (χ1n) is 10.5. The second kappa shape index (κ2) is 10.8. The predicted octanol–water partition coefficient (Wildman–Crippen LogP) is 2.14. The third-order valence-corrected chi connectivity index (χ3v) is 5.49. The smallest absolute Gasteiger partial charge is 0.289 e. The highest BCUT2D eigenvalue weighted by atomic mass is 127. The van der Waals surface area contributed by atoms with Crippen LogP contribution in [0.15, 0.2) is 27.8 Å². The van der Waals surface area contributed by atoms with Gasteiger partial charge in [0.2, 0.25) is 0 Å². The molecule has 2 aromatic rings. The number of carbonyl (C=O) groups excluding carboxylic acids is 1. The molecular formula is C20H30IN7O2. The molecule has 1 N–H and O–H groups in total. The highest BCUT2D eigenvalue weighted by Gasteiger charge is 2.25. The van der Waals surface area contributed by atoms with E-state index in [2.05, 4.69) is 31.9 Å². The molecule has 1 fully saturated rings. The van der Waals surface area contributed by atoms with Gasteiger partial charge in [0.15, 0.2) is 17.5 Å². The lowest BCUT2D eigenvalue weighted by molar-refractivity contribution is 0.0657. The van der Waals surface area contributed by atoms with Gasteiger partial charge in [0.05, 0.1) is 6.26 Å². The van der Waals surface area contributed by atoms with Crippen molar-refractivity contribution >= 4 is 35.8 Å². The summed E-state index contributed by atoms with van der Waals surface area (Å²) in [5, 5.41) is 12.1. The van der Waals surface area contributed by atoms with E-state index in [0.717, 1.165) is 50.2 Å². The second-order valence-electron chi connectivity index (χ2n) is 7.42.